The fourth-order valence-corrected chi connectivity index (χ4v) is 0.531. The highest BCUT2D eigenvalue weighted by molar-refractivity contribution is 4.64. The highest BCUT2D eigenvalue weighted by Gasteiger charge is 2.18. The van der Waals surface area contributed by atoms with Crippen LogP contribution in [0.4, 0.5) is 0 Å². The van der Waals surface area contributed by atoms with Crippen molar-refractivity contribution < 1.29 is 14.5 Å². The molecule has 47 valence electrons. The first kappa shape index (κ1) is 6.01. The highest BCUT2D eigenvalue weighted by atomic mass is 17.2. The summed E-state index contributed by atoms with van der Waals surface area (Å²) in [5.74, 6) is 0. The van der Waals surface area contributed by atoms with Crippen LogP contribution in [0, 0.1) is 6.29 Å². The molecular formula is C5H9O3. The van der Waals surface area contributed by atoms with E-state index in [0.29, 0.717) is 19.5 Å². The lowest BCUT2D eigenvalue weighted by Crippen LogP contribution is -1.98. The smallest absolute Gasteiger partial charge is 0.261 e. The number of ether oxygens (including phenoxy) is 1. The van der Waals surface area contributed by atoms with E-state index in [9.17, 15) is 0 Å². The average Bonchev–Trinajstić information content (AvgIpc) is 2.19. The molecule has 1 saturated heterocycles. The van der Waals surface area contributed by atoms with Crippen LogP contribution in [-0.4, -0.2) is 13.2 Å². The quantitative estimate of drug-likeness (QED) is 0.502. The molecule has 1 heterocycles. The molecule has 0 spiro atoms. The summed E-state index contributed by atoms with van der Waals surface area (Å²) in [6.45, 7) is 3.18. The maximum Gasteiger partial charge on any atom is 0.261 e. The first-order chi connectivity index (χ1) is 3.93. The Morgan fingerprint density at radius 3 is 3.12 bits per heavy atom. The van der Waals surface area contributed by atoms with Crippen molar-refractivity contribution in [3.8, 4) is 0 Å². The minimum Gasteiger partial charge on any atom is -0.343 e. The largest absolute Gasteiger partial charge is 0.343 e. The molecule has 0 atom stereocenters. The first-order valence-corrected chi connectivity index (χ1v) is 2.71. The minimum atomic E-state index is 0.604. The molecule has 0 saturated carbocycles. The van der Waals surface area contributed by atoms with Gasteiger partial charge in [-0.3, -0.25) is 0 Å². The van der Waals surface area contributed by atoms with Crippen LogP contribution >= 0.6 is 0 Å². The second-order valence-corrected chi connectivity index (χ2v) is 1.46. The van der Waals surface area contributed by atoms with E-state index in [1.54, 1.807) is 0 Å². The van der Waals surface area contributed by atoms with Gasteiger partial charge in [0.25, 0.3) is 6.29 Å². The van der Waals surface area contributed by atoms with Gasteiger partial charge in [-0.15, -0.1) is 0 Å². The molecule has 0 aromatic carbocycles. The standard InChI is InChI=1S/C5H9O3/c1-2-6-5-3-4-7-8-5/h2-4H2,1H3. The van der Waals surface area contributed by atoms with Crippen molar-refractivity contribution in [2.75, 3.05) is 13.2 Å². The summed E-state index contributed by atoms with van der Waals surface area (Å²) in [7, 11) is 0. The molecule has 0 aliphatic carbocycles. The summed E-state index contributed by atoms with van der Waals surface area (Å²) in [5, 5.41) is 0. The number of hydrogen-bond acceptors (Lipinski definition) is 3. The fourth-order valence-electron chi connectivity index (χ4n) is 0.531. The lowest BCUT2D eigenvalue weighted by atomic mass is 10.5. The Bertz CT molecular complexity index is 58.7. The molecule has 0 amide bonds. The molecule has 1 aliphatic heterocycles. The SMILES string of the molecule is CCO[C]1CCOO1. The van der Waals surface area contributed by atoms with E-state index in [-0.39, 0.29) is 0 Å². The van der Waals surface area contributed by atoms with E-state index < -0.39 is 0 Å². The zero-order chi connectivity index (χ0) is 5.82. The van der Waals surface area contributed by atoms with E-state index in [1.807, 2.05) is 6.92 Å². The Labute approximate surface area is 48.5 Å². The number of rotatable bonds is 2. The summed E-state index contributed by atoms with van der Waals surface area (Å²) >= 11 is 0. The predicted molar refractivity (Wildman–Crippen MR) is 26.5 cm³/mol. The molecule has 1 radical (unpaired) electrons. The lowest BCUT2D eigenvalue weighted by Gasteiger charge is -2.01. The first-order valence-electron chi connectivity index (χ1n) is 2.71. The van der Waals surface area contributed by atoms with E-state index in [1.165, 1.54) is 0 Å². The Hall–Kier alpha value is -0.120. The van der Waals surface area contributed by atoms with Crippen molar-refractivity contribution in [3.63, 3.8) is 0 Å². The van der Waals surface area contributed by atoms with Crippen molar-refractivity contribution in [1.29, 1.82) is 0 Å². The van der Waals surface area contributed by atoms with E-state index in [0.717, 1.165) is 6.42 Å². The molecule has 1 fully saturated rings. The molecule has 8 heavy (non-hydrogen) atoms. The topological polar surface area (TPSA) is 27.7 Å². The molecule has 0 bridgehead atoms. The summed E-state index contributed by atoms with van der Waals surface area (Å²) in [4.78, 5) is 9.14. The Morgan fingerprint density at radius 2 is 2.62 bits per heavy atom. The zero-order valence-corrected chi connectivity index (χ0v) is 4.85. The van der Waals surface area contributed by atoms with Crippen LogP contribution in [-0.2, 0) is 14.5 Å². The highest BCUT2D eigenvalue weighted by Crippen LogP contribution is 2.16. The predicted octanol–water partition coefficient (Wildman–Crippen LogP) is 0.864. The lowest BCUT2D eigenvalue weighted by molar-refractivity contribution is -0.280. The molecule has 1 rings (SSSR count). The van der Waals surface area contributed by atoms with Crippen molar-refractivity contribution >= 4 is 0 Å². The maximum absolute atomic E-state index is 4.97. The van der Waals surface area contributed by atoms with Gasteiger partial charge in [-0.1, -0.05) is 0 Å². The Balaban J connectivity index is 2.06. The second-order valence-electron chi connectivity index (χ2n) is 1.46. The summed E-state index contributed by atoms with van der Waals surface area (Å²) in [6, 6.07) is 0. The third-order valence-corrected chi connectivity index (χ3v) is 0.847. The van der Waals surface area contributed by atoms with E-state index in [4.69, 9.17) is 4.74 Å². The second kappa shape index (κ2) is 3.02. The molecule has 0 aromatic rings. The van der Waals surface area contributed by atoms with Crippen molar-refractivity contribution in [2.45, 2.75) is 13.3 Å². The van der Waals surface area contributed by atoms with Crippen molar-refractivity contribution in [1.82, 2.24) is 0 Å². The molecule has 3 nitrogen and oxygen atoms in total. The Morgan fingerprint density at radius 1 is 1.75 bits per heavy atom. The van der Waals surface area contributed by atoms with E-state index >= 15 is 0 Å². The summed E-state index contributed by atoms with van der Waals surface area (Å²) in [5.41, 5.74) is 0. The van der Waals surface area contributed by atoms with Gasteiger partial charge < -0.3 is 4.74 Å². The molecule has 3 heteroatoms. The fraction of sp³-hybridized carbons (Fsp3) is 0.800. The molecule has 0 N–H and O–H groups in total. The summed E-state index contributed by atoms with van der Waals surface area (Å²) < 4.78 is 4.97. The van der Waals surface area contributed by atoms with Crippen LogP contribution in [0.2, 0.25) is 0 Å². The minimum absolute atomic E-state index is 0.604. The monoisotopic (exact) mass is 117 g/mol. The van der Waals surface area contributed by atoms with Crippen molar-refractivity contribution in [2.24, 2.45) is 0 Å². The van der Waals surface area contributed by atoms with Crippen LogP contribution in [0.25, 0.3) is 0 Å². The van der Waals surface area contributed by atoms with Gasteiger partial charge in [0.15, 0.2) is 0 Å². The van der Waals surface area contributed by atoms with Crippen LogP contribution < -0.4 is 0 Å². The van der Waals surface area contributed by atoms with Gasteiger partial charge >= 0.3 is 0 Å². The maximum atomic E-state index is 4.97. The Kier molecular flexibility index (Phi) is 2.27. The van der Waals surface area contributed by atoms with Gasteiger partial charge in [0.05, 0.1) is 6.61 Å². The van der Waals surface area contributed by atoms with Crippen LogP contribution in [0.5, 0.6) is 0 Å². The van der Waals surface area contributed by atoms with Crippen LogP contribution in [0.15, 0.2) is 0 Å². The molecule has 1 aliphatic rings. The third kappa shape index (κ3) is 1.43. The molecular weight excluding hydrogens is 108 g/mol. The third-order valence-electron chi connectivity index (χ3n) is 0.847. The normalized spacial score (nSPS) is 22.1. The van der Waals surface area contributed by atoms with Gasteiger partial charge in [-0.05, 0) is 6.92 Å². The summed E-state index contributed by atoms with van der Waals surface area (Å²) in [6.07, 6.45) is 1.38. The van der Waals surface area contributed by atoms with Crippen LogP contribution in [0.1, 0.15) is 13.3 Å². The molecule has 0 aromatic heterocycles. The van der Waals surface area contributed by atoms with Crippen molar-refractivity contribution in [3.05, 3.63) is 6.29 Å². The molecule has 0 unspecified atom stereocenters. The average molecular weight is 117 g/mol. The zero-order valence-electron chi connectivity index (χ0n) is 4.85. The number of hydrogen-bond donors (Lipinski definition) is 0. The van der Waals surface area contributed by atoms with Crippen LogP contribution in [0.3, 0.4) is 0 Å². The van der Waals surface area contributed by atoms with Gasteiger partial charge in [-0.2, -0.15) is 4.89 Å². The van der Waals surface area contributed by atoms with Gasteiger partial charge in [0, 0.05) is 13.0 Å². The van der Waals surface area contributed by atoms with E-state index in [2.05, 4.69) is 9.78 Å². The van der Waals surface area contributed by atoms with Gasteiger partial charge in [0.1, 0.15) is 0 Å². The van der Waals surface area contributed by atoms with Gasteiger partial charge in [-0.25, -0.2) is 4.89 Å². The van der Waals surface area contributed by atoms with Gasteiger partial charge in [0.2, 0.25) is 0 Å².